The minimum absolute atomic E-state index is 0.0713. The van der Waals surface area contributed by atoms with E-state index in [2.05, 4.69) is 38.5 Å². The summed E-state index contributed by atoms with van der Waals surface area (Å²) in [5.74, 6) is 0.756. The third kappa shape index (κ3) is 4.29. The molecule has 1 aromatic heterocycles. The minimum Gasteiger partial charge on any atom is -0.364 e. The van der Waals surface area contributed by atoms with Gasteiger partial charge < -0.3 is 10.6 Å². The van der Waals surface area contributed by atoms with Gasteiger partial charge in [-0.3, -0.25) is 4.79 Å². The second-order valence-electron chi connectivity index (χ2n) is 4.94. The third-order valence-corrected chi connectivity index (χ3v) is 3.93. The number of rotatable bonds is 4. The molecule has 0 bridgehead atoms. The third-order valence-electron chi connectivity index (χ3n) is 3.09. The first-order valence-corrected chi connectivity index (χ1v) is 7.52. The summed E-state index contributed by atoms with van der Waals surface area (Å²) in [4.78, 5) is 15.6. The molecular weight excluding hydrogens is 330 g/mol. The Bertz CT molecular complexity index is 658. The van der Waals surface area contributed by atoms with Crippen LogP contribution in [0, 0.1) is 6.92 Å². The van der Waals surface area contributed by atoms with Crippen LogP contribution < -0.4 is 10.6 Å². The van der Waals surface area contributed by atoms with Gasteiger partial charge in [0.05, 0.1) is 11.7 Å². The van der Waals surface area contributed by atoms with Crippen LogP contribution in [0.15, 0.2) is 40.9 Å². The summed E-state index contributed by atoms with van der Waals surface area (Å²) in [5, 5.41) is 6.15. The highest BCUT2D eigenvalue weighted by Crippen LogP contribution is 2.23. The molecule has 0 fully saturated rings. The first kappa shape index (κ1) is 15.5. The number of halogens is 1. The van der Waals surface area contributed by atoms with Crippen molar-refractivity contribution in [3.8, 4) is 0 Å². The molecule has 0 radical (unpaired) electrons. The second-order valence-corrected chi connectivity index (χ2v) is 5.79. The Morgan fingerprint density at radius 2 is 2.05 bits per heavy atom. The summed E-state index contributed by atoms with van der Waals surface area (Å²) in [5.41, 5.74) is 2.83. The van der Waals surface area contributed by atoms with E-state index in [1.165, 1.54) is 6.92 Å². The van der Waals surface area contributed by atoms with Crippen LogP contribution >= 0.6 is 15.9 Å². The Kier molecular flexibility index (Phi) is 4.96. The van der Waals surface area contributed by atoms with E-state index < -0.39 is 0 Å². The van der Waals surface area contributed by atoms with Gasteiger partial charge in [-0.1, -0.05) is 12.1 Å². The maximum Gasteiger partial charge on any atom is 0.221 e. The lowest BCUT2D eigenvalue weighted by Crippen LogP contribution is -2.10. The molecule has 0 aliphatic heterocycles. The zero-order valence-corrected chi connectivity index (χ0v) is 13.9. The number of hydrogen-bond acceptors (Lipinski definition) is 3. The Morgan fingerprint density at radius 1 is 1.29 bits per heavy atom. The van der Waals surface area contributed by atoms with Gasteiger partial charge in [-0.25, -0.2) is 4.98 Å². The highest BCUT2D eigenvalue weighted by molar-refractivity contribution is 9.10. The lowest BCUT2D eigenvalue weighted by molar-refractivity contribution is -0.114. The molecule has 21 heavy (non-hydrogen) atoms. The van der Waals surface area contributed by atoms with E-state index in [-0.39, 0.29) is 11.9 Å². The number of anilines is 2. The number of hydrogen-bond donors (Lipinski definition) is 2. The summed E-state index contributed by atoms with van der Waals surface area (Å²) < 4.78 is 0.994. The molecule has 1 unspecified atom stereocenters. The van der Waals surface area contributed by atoms with Crippen molar-refractivity contribution in [1.29, 1.82) is 0 Å². The first-order valence-electron chi connectivity index (χ1n) is 6.73. The van der Waals surface area contributed by atoms with Crippen LogP contribution in [0.2, 0.25) is 0 Å². The molecule has 1 heterocycles. The van der Waals surface area contributed by atoms with Crippen LogP contribution in [-0.2, 0) is 4.79 Å². The van der Waals surface area contributed by atoms with Crippen molar-refractivity contribution in [2.45, 2.75) is 26.8 Å². The number of benzene rings is 1. The number of aromatic nitrogens is 1. The Balaban J connectivity index is 2.14. The van der Waals surface area contributed by atoms with E-state index in [9.17, 15) is 4.79 Å². The summed E-state index contributed by atoms with van der Waals surface area (Å²) in [6.45, 7) is 5.52. The topological polar surface area (TPSA) is 54.0 Å². The van der Waals surface area contributed by atoms with E-state index in [4.69, 9.17) is 0 Å². The highest BCUT2D eigenvalue weighted by atomic mass is 79.9. The van der Waals surface area contributed by atoms with E-state index in [0.717, 1.165) is 27.2 Å². The second kappa shape index (κ2) is 6.72. The number of nitrogens with one attached hydrogen (secondary N) is 2. The summed E-state index contributed by atoms with van der Waals surface area (Å²) in [6, 6.07) is 11.8. The molecule has 0 aliphatic rings. The number of nitrogens with zero attached hydrogens (tertiary/aromatic N) is 1. The van der Waals surface area contributed by atoms with E-state index in [1.54, 1.807) is 0 Å². The molecule has 0 spiro atoms. The summed E-state index contributed by atoms with van der Waals surface area (Å²) in [7, 11) is 0. The van der Waals surface area contributed by atoms with Gasteiger partial charge in [0.15, 0.2) is 0 Å². The van der Waals surface area contributed by atoms with Crippen molar-refractivity contribution in [2.75, 3.05) is 10.6 Å². The predicted molar refractivity (Wildman–Crippen MR) is 89.5 cm³/mol. The number of carbonyl (C=O) groups excluding carboxylic acids is 1. The molecule has 2 N–H and O–H groups in total. The SMILES string of the molecule is CC(=O)Nc1cccc(C(C)Nc2ccc(Br)c(C)n2)c1. The number of carbonyl (C=O) groups is 1. The van der Waals surface area contributed by atoms with Crippen molar-refractivity contribution in [1.82, 2.24) is 4.98 Å². The maximum atomic E-state index is 11.1. The van der Waals surface area contributed by atoms with E-state index >= 15 is 0 Å². The largest absolute Gasteiger partial charge is 0.364 e. The van der Waals surface area contributed by atoms with E-state index in [0.29, 0.717) is 0 Å². The zero-order valence-electron chi connectivity index (χ0n) is 12.3. The lowest BCUT2D eigenvalue weighted by Gasteiger charge is -2.16. The molecule has 5 heteroatoms. The fourth-order valence-corrected chi connectivity index (χ4v) is 2.24. The molecule has 0 saturated carbocycles. The smallest absolute Gasteiger partial charge is 0.221 e. The van der Waals surface area contributed by atoms with Crippen molar-refractivity contribution in [3.63, 3.8) is 0 Å². The van der Waals surface area contributed by atoms with E-state index in [1.807, 2.05) is 43.3 Å². The predicted octanol–water partition coefficient (Wildman–Crippen LogP) is 4.28. The van der Waals surface area contributed by atoms with Crippen LogP contribution in [0.5, 0.6) is 0 Å². The molecule has 1 atom stereocenters. The van der Waals surface area contributed by atoms with Gasteiger partial charge in [-0.15, -0.1) is 0 Å². The van der Waals surface area contributed by atoms with Crippen LogP contribution in [0.3, 0.4) is 0 Å². The normalized spacial score (nSPS) is 11.8. The number of aryl methyl sites for hydroxylation is 1. The van der Waals surface area contributed by atoms with Gasteiger partial charge in [0, 0.05) is 17.1 Å². The average molecular weight is 348 g/mol. The fraction of sp³-hybridized carbons (Fsp3) is 0.250. The van der Waals surface area contributed by atoms with Gasteiger partial charge in [0.2, 0.25) is 5.91 Å². The van der Waals surface area contributed by atoms with Gasteiger partial charge in [-0.2, -0.15) is 0 Å². The van der Waals surface area contributed by atoms with Crippen molar-refractivity contribution in [2.24, 2.45) is 0 Å². The van der Waals surface area contributed by atoms with Crippen LogP contribution in [0.25, 0.3) is 0 Å². The van der Waals surface area contributed by atoms with Gasteiger partial charge in [-0.05, 0) is 59.6 Å². The fourth-order valence-electron chi connectivity index (χ4n) is 2.02. The average Bonchev–Trinajstić information content (AvgIpc) is 2.42. The molecule has 1 aromatic carbocycles. The van der Waals surface area contributed by atoms with Crippen molar-refractivity contribution >= 4 is 33.3 Å². The Labute approximate surface area is 133 Å². The van der Waals surface area contributed by atoms with Gasteiger partial charge >= 0.3 is 0 Å². The standard InChI is InChI=1S/C16H18BrN3O/c1-10(18-16-8-7-15(17)11(2)19-16)13-5-4-6-14(9-13)20-12(3)21/h4-10H,1-3H3,(H,18,19)(H,20,21). The molecule has 0 saturated heterocycles. The number of pyridine rings is 1. The first-order chi connectivity index (χ1) is 9.95. The van der Waals surface area contributed by atoms with Gasteiger partial charge in [0.25, 0.3) is 0 Å². The summed E-state index contributed by atoms with van der Waals surface area (Å²) in [6.07, 6.45) is 0. The molecule has 4 nitrogen and oxygen atoms in total. The molecule has 110 valence electrons. The quantitative estimate of drug-likeness (QED) is 0.867. The van der Waals surface area contributed by atoms with Crippen molar-refractivity contribution < 1.29 is 4.79 Å². The summed E-state index contributed by atoms with van der Waals surface area (Å²) >= 11 is 3.44. The molecule has 1 amide bonds. The number of amides is 1. The molecule has 2 aromatic rings. The van der Waals surface area contributed by atoms with Crippen molar-refractivity contribution in [3.05, 3.63) is 52.1 Å². The Morgan fingerprint density at radius 3 is 2.71 bits per heavy atom. The maximum absolute atomic E-state index is 11.1. The molecule has 0 aliphatic carbocycles. The zero-order chi connectivity index (χ0) is 15.4. The van der Waals surface area contributed by atoms with Crippen LogP contribution in [-0.4, -0.2) is 10.9 Å². The van der Waals surface area contributed by atoms with Crippen LogP contribution in [0.4, 0.5) is 11.5 Å². The van der Waals surface area contributed by atoms with Crippen LogP contribution in [0.1, 0.15) is 31.1 Å². The highest BCUT2D eigenvalue weighted by Gasteiger charge is 2.08. The monoisotopic (exact) mass is 347 g/mol. The molecular formula is C16H18BrN3O. The lowest BCUT2D eigenvalue weighted by atomic mass is 10.1. The minimum atomic E-state index is -0.0713. The Hall–Kier alpha value is -1.88. The molecule has 2 rings (SSSR count). The van der Waals surface area contributed by atoms with Gasteiger partial charge in [0.1, 0.15) is 5.82 Å².